The first-order chi connectivity index (χ1) is 13.7. The van der Waals surface area contributed by atoms with Crippen LogP contribution in [0.15, 0.2) is 23.2 Å². The second-order valence-electron chi connectivity index (χ2n) is 7.97. The molecule has 3 aliphatic rings. The third kappa shape index (κ3) is 2.97. The van der Waals surface area contributed by atoms with Gasteiger partial charge in [-0.25, -0.2) is 19.2 Å². The minimum absolute atomic E-state index is 0.249. The molecular formula is C20H24N5O4+. The molecule has 9 heteroatoms. The van der Waals surface area contributed by atoms with Crippen molar-refractivity contribution in [2.75, 3.05) is 31.6 Å². The van der Waals surface area contributed by atoms with E-state index in [2.05, 4.69) is 42.8 Å². The van der Waals surface area contributed by atoms with Gasteiger partial charge in [-0.3, -0.25) is 14.5 Å². The number of hydrogen-bond acceptors (Lipinski definition) is 5. The van der Waals surface area contributed by atoms with Crippen LogP contribution < -0.4 is 4.90 Å². The number of anilines is 1. The Kier molecular flexibility index (Phi) is 4.40. The highest BCUT2D eigenvalue weighted by atomic mass is 16.4. The van der Waals surface area contributed by atoms with Gasteiger partial charge in [0.15, 0.2) is 0 Å². The van der Waals surface area contributed by atoms with Crippen LogP contribution in [0.25, 0.3) is 0 Å². The van der Waals surface area contributed by atoms with Gasteiger partial charge < -0.3 is 5.11 Å². The first-order valence-corrected chi connectivity index (χ1v) is 9.57. The molecule has 3 heterocycles. The predicted octanol–water partition coefficient (Wildman–Crippen LogP) is 0.887. The lowest BCUT2D eigenvalue weighted by molar-refractivity contribution is -0.545. The summed E-state index contributed by atoms with van der Waals surface area (Å²) in [6.07, 6.45) is 0. The molecule has 1 fully saturated rings. The number of carboxylic acids is 1. The number of likely N-dealkylation sites (N-methyl/N-ethyl adjacent to an activating group) is 1. The first kappa shape index (κ1) is 19.1. The van der Waals surface area contributed by atoms with E-state index >= 15 is 0 Å². The number of carboxylic acid groups (broad SMARTS) is 1. The second-order valence-corrected chi connectivity index (χ2v) is 7.97. The lowest BCUT2D eigenvalue weighted by Crippen LogP contribution is -2.64. The Morgan fingerprint density at radius 3 is 2.66 bits per heavy atom. The van der Waals surface area contributed by atoms with Gasteiger partial charge in [-0.1, -0.05) is 18.0 Å². The highest BCUT2D eigenvalue weighted by molar-refractivity contribution is 6.24. The van der Waals surface area contributed by atoms with Crippen molar-refractivity contribution in [3.05, 3.63) is 29.3 Å². The Labute approximate surface area is 168 Å². The van der Waals surface area contributed by atoms with Crippen LogP contribution in [0.1, 0.15) is 18.1 Å². The third-order valence-corrected chi connectivity index (χ3v) is 5.73. The quantitative estimate of drug-likeness (QED) is 0.763. The van der Waals surface area contributed by atoms with Crippen LogP contribution in [-0.2, 0) is 9.59 Å². The Morgan fingerprint density at radius 1 is 1.28 bits per heavy atom. The topological polar surface area (TPSA) is 96.5 Å². The van der Waals surface area contributed by atoms with Crippen LogP contribution in [0.3, 0.4) is 0 Å². The van der Waals surface area contributed by atoms with Gasteiger partial charge >= 0.3 is 18.0 Å². The summed E-state index contributed by atoms with van der Waals surface area (Å²) in [4.78, 5) is 45.6. The summed E-state index contributed by atoms with van der Waals surface area (Å²) in [5.41, 5.74) is 3.33. The lowest BCUT2D eigenvalue weighted by Gasteiger charge is -2.34. The summed E-state index contributed by atoms with van der Waals surface area (Å²) >= 11 is 0. The monoisotopic (exact) mass is 398 g/mol. The molecule has 3 amide bonds. The molecular weight excluding hydrogens is 374 g/mol. The highest BCUT2D eigenvalue weighted by Crippen LogP contribution is 2.29. The van der Waals surface area contributed by atoms with Crippen LogP contribution in [0.5, 0.6) is 0 Å². The molecule has 1 aromatic carbocycles. The van der Waals surface area contributed by atoms with Crippen molar-refractivity contribution in [1.82, 2.24) is 9.80 Å². The molecule has 3 aliphatic heterocycles. The van der Waals surface area contributed by atoms with Gasteiger partial charge in [0.2, 0.25) is 11.9 Å². The number of hydrogen-bond donors (Lipinski definition) is 1. The number of benzene rings is 1. The number of amidine groups is 1. The number of nitrogens with zero attached hydrogens (tertiary/aromatic N) is 5. The van der Waals surface area contributed by atoms with Crippen molar-refractivity contribution < 1.29 is 24.1 Å². The zero-order valence-electron chi connectivity index (χ0n) is 16.9. The maximum Gasteiger partial charge on any atom is 0.397 e. The Balaban J connectivity index is 1.79. The number of carbonyl (C=O) groups excluding carboxylic acids is 2. The van der Waals surface area contributed by atoms with E-state index in [0.717, 1.165) is 22.7 Å². The number of fused-ring (bicyclic) bond motifs is 2. The molecule has 1 saturated heterocycles. The van der Waals surface area contributed by atoms with E-state index in [9.17, 15) is 14.4 Å². The third-order valence-electron chi connectivity index (χ3n) is 5.73. The summed E-state index contributed by atoms with van der Waals surface area (Å²) < 4.78 is 1.89. The summed E-state index contributed by atoms with van der Waals surface area (Å²) in [5.74, 6) is -0.556. The molecule has 1 N–H and O–H groups in total. The number of aliphatic imine (C=N–C) groups is 1. The minimum Gasteiger partial charge on any atom is -0.480 e. The van der Waals surface area contributed by atoms with Crippen LogP contribution in [0.4, 0.5) is 10.5 Å². The van der Waals surface area contributed by atoms with Crippen molar-refractivity contribution >= 4 is 35.4 Å². The zero-order valence-corrected chi connectivity index (χ0v) is 16.9. The van der Waals surface area contributed by atoms with E-state index in [1.165, 1.54) is 17.5 Å². The molecule has 2 atom stereocenters. The van der Waals surface area contributed by atoms with Crippen molar-refractivity contribution in [2.24, 2.45) is 10.9 Å². The first-order valence-electron chi connectivity index (χ1n) is 9.57. The molecule has 0 bridgehead atoms. The fraction of sp³-hybridized carbons (Fsp3) is 0.450. The average Bonchev–Trinajstić information content (AvgIpc) is 3.04. The Hall–Kier alpha value is -3.23. The summed E-state index contributed by atoms with van der Waals surface area (Å²) in [6.45, 7) is 6.88. The number of guanidine groups is 1. The van der Waals surface area contributed by atoms with Gasteiger partial charge in [0.1, 0.15) is 12.2 Å². The molecule has 1 aromatic rings. The van der Waals surface area contributed by atoms with Crippen LogP contribution >= 0.6 is 0 Å². The van der Waals surface area contributed by atoms with Crippen molar-refractivity contribution in [2.45, 2.75) is 26.8 Å². The van der Waals surface area contributed by atoms with Gasteiger partial charge in [-0.2, -0.15) is 0 Å². The van der Waals surface area contributed by atoms with Crippen molar-refractivity contribution in [3.8, 4) is 0 Å². The van der Waals surface area contributed by atoms with Crippen LogP contribution in [0.2, 0.25) is 0 Å². The average molecular weight is 398 g/mol. The number of imide groups is 1. The normalized spacial score (nSPS) is 24.0. The van der Waals surface area contributed by atoms with Crippen LogP contribution in [-0.4, -0.2) is 81.9 Å². The van der Waals surface area contributed by atoms with Gasteiger partial charge in [0, 0.05) is 13.0 Å². The molecule has 4 rings (SSSR count). The maximum atomic E-state index is 13.1. The van der Waals surface area contributed by atoms with Gasteiger partial charge in [0.25, 0.3) is 5.91 Å². The van der Waals surface area contributed by atoms with E-state index in [1.807, 2.05) is 10.6 Å². The minimum atomic E-state index is -1.23. The van der Waals surface area contributed by atoms with E-state index in [0.29, 0.717) is 18.3 Å². The molecule has 0 radical (unpaired) electrons. The standard InChI is InChI=1S/C20H23N5O4/c1-11-8-23(14-6-5-12(2)13(3)7-14)19-21-17-16(24(19)9-11)18(28)25(10-15(26)27)20(29)22(17)4/h5-7,11,16H,8-10H2,1-4H3/p+1. The van der Waals surface area contributed by atoms with E-state index in [-0.39, 0.29) is 5.92 Å². The second kappa shape index (κ2) is 6.68. The zero-order chi connectivity index (χ0) is 21.0. The molecule has 0 spiro atoms. The number of carbonyl (C=O) groups is 3. The smallest absolute Gasteiger partial charge is 0.397 e. The van der Waals surface area contributed by atoms with E-state index < -0.39 is 30.5 Å². The van der Waals surface area contributed by atoms with Crippen LogP contribution in [0, 0.1) is 19.8 Å². The van der Waals surface area contributed by atoms with Crippen molar-refractivity contribution in [1.29, 1.82) is 0 Å². The summed E-state index contributed by atoms with van der Waals surface area (Å²) in [6, 6.07) is 4.72. The SMILES string of the molecule is Cc1ccc(N2CC(C)C[N+]3=C2N=C2C3C(=O)N(CC(=O)O)C(=O)N2C)cc1C. The molecule has 9 nitrogen and oxygen atoms in total. The predicted molar refractivity (Wildman–Crippen MR) is 106 cm³/mol. The Bertz CT molecular complexity index is 999. The Morgan fingerprint density at radius 2 is 2.00 bits per heavy atom. The molecule has 152 valence electrons. The molecule has 29 heavy (non-hydrogen) atoms. The molecule has 2 unspecified atom stereocenters. The number of urea groups is 1. The highest BCUT2D eigenvalue weighted by Gasteiger charge is 2.55. The largest absolute Gasteiger partial charge is 0.480 e. The fourth-order valence-corrected chi connectivity index (χ4v) is 4.09. The van der Waals surface area contributed by atoms with Gasteiger partial charge in [0.05, 0.1) is 13.1 Å². The van der Waals surface area contributed by atoms with E-state index in [1.54, 1.807) is 0 Å². The number of aryl methyl sites for hydroxylation is 2. The maximum absolute atomic E-state index is 13.1. The summed E-state index contributed by atoms with van der Waals surface area (Å²) in [5, 5.41) is 9.12. The number of amides is 3. The molecule has 0 saturated carbocycles. The van der Waals surface area contributed by atoms with Crippen molar-refractivity contribution in [3.63, 3.8) is 0 Å². The van der Waals surface area contributed by atoms with Gasteiger partial charge in [-0.05, 0) is 37.1 Å². The van der Waals surface area contributed by atoms with E-state index in [4.69, 9.17) is 5.11 Å². The fourth-order valence-electron chi connectivity index (χ4n) is 4.09. The number of aliphatic carboxylic acids is 1. The molecule has 0 aromatic heterocycles. The van der Waals surface area contributed by atoms with Gasteiger partial charge in [-0.15, -0.1) is 0 Å². The molecule has 0 aliphatic carbocycles. The number of rotatable bonds is 3. The lowest BCUT2D eigenvalue weighted by atomic mass is 10.0. The summed E-state index contributed by atoms with van der Waals surface area (Å²) in [7, 11) is 1.53.